The highest BCUT2D eigenvalue weighted by atomic mass is 19.1. The van der Waals surface area contributed by atoms with Gasteiger partial charge in [0.05, 0.1) is 11.7 Å². The molecule has 31 heavy (non-hydrogen) atoms. The van der Waals surface area contributed by atoms with Gasteiger partial charge in [-0.2, -0.15) is 4.39 Å². The van der Waals surface area contributed by atoms with Gasteiger partial charge in [0.15, 0.2) is 0 Å². The molecular formula is C26H29FN4. The van der Waals surface area contributed by atoms with Crippen LogP contribution in [-0.4, -0.2) is 34.5 Å². The Kier molecular flexibility index (Phi) is 5.79. The fourth-order valence-electron chi connectivity index (χ4n) is 5.19. The Morgan fingerprint density at radius 3 is 2.90 bits per heavy atom. The molecule has 0 fully saturated rings. The van der Waals surface area contributed by atoms with Crippen LogP contribution in [-0.2, 0) is 19.4 Å². The average molecular weight is 417 g/mol. The van der Waals surface area contributed by atoms with Crippen LogP contribution in [0.2, 0.25) is 0 Å². The summed E-state index contributed by atoms with van der Waals surface area (Å²) in [5, 5.41) is 3.71. The number of rotatable bonds is 5. The summed E-state index contributed by atoms with van der Waals surface area (Å²) in [6.07, 6.45) is 9.07. The van der Waals surface area contributed by atoms with E-state index in [1.54, 1.807) is 6.20 Å². The SMILES string of the molecule is CN(CC[C@H]1Cc2c(cccc2-c2ccnc(F)c2)CN1)[C@H]1CCCc2cccnc21. The van der Waals surface area contributed by atoms with Crippen LogP contribution < -0.4 is 5.32 Å². The molecule has 0 spiro atoms. The second kappa shape index (κ2) is 8.85. The second-order valence-corrected chi connectivity index (χ2v) is 8.82. The number of hydrogen-bond acceptors (Lipinski definition) is 4. The third-order valence-corrected chi connectivity index (χ3v) is 6.87. The summed E-state index contributed by atoms with van der Waals surface area (Å²) < 4.78 is 13.7. The van der Waals surface area contributed by atoms with Gasteiger partial charge in [-0.3, -0.25) is 9.88 Å². The predicted octanol–water partition coefficient (Wildman–Crippen LogP) is 4.70. The van der Waals surface area contributed by atoms with E-state index in [9.17, 15) is 4.39 Å². The Balaban J connectivity index is 1.29. The van der Waals surface area contributed by atoms with Gasteiger partial charge in [-0.15, -0.1) is 0 Å². The highest BCUT2D eigenvalue weighted by molar-refractivity contribution is 5.69. The van der Waals surface area contributed by atoms with E-state index in [1.165, 1.54) is 41.3 Å². The van der Waals surface area contributed by atoms with Gasteiger partial charge in [0, 0.05) is 31.0 Å². The first-order chi connectivity index (χ1) is 15.2. The zero-order valence-electron chi connectivity index (χ0n) is 18.0. The molecule has 5 rings (SSSR count). The van der Waals surface area contributed by atoms with Crippen molar-refractivity contribution in [3.05, 3.63) is 83.2 Å². The van der Waals surface area contributed by atoms with E-state index in [0.29, 0.717) is 12.1 Å². The molecule has 5 heteroatoms. The number of halogens is 1. The molecule has 160 valence electrons. The summed E-state index contributed by atoms with van der Waals surface area (Å²) >= 11 is 0. The monoisotopic (exact) mass is 416 g/mol. The maximum absolute atomic E-state index is 13.7. The van der Waals surface area contributed by atoms with Gasteiger partial charge >= 0.3 is 0 Å². The average Bonchev–Trinajstić information content (AvgIpc) is 2.81. The summed E-state index contributed by atoms with van der Waals surface area (Å²) in [6.45, 7) is 1.89. The molecule has 1 N–H and O–H groups in total. The summed E-state index contributed by atoms with van der Waals surface area (Å²) in [5.74, 6) is -0.427. The molecule has 3 aromatic rings. The number of nitrogens with one attached hydrogen (secondary N) is 1. The molecule has 0 bridgehead atoms. The Hall–Kier alpha value is -2.63. The van der Waals surface area contributed by atoms with E-state index in [4.69, 9.17) is 4.98 Å². The molecule has 2 aliphatic rings. The predicted molar refractivity (Wildman–Crippen MR) is 121 cm³/mol. The number of aryl methyl sites for hydroxylation is 1. The minimum absolute atomic E-state index is 0.412. The quantitative estimate of drug-likeness (QED) is 0.613. The first kappa shape index (κ1) is 20.3. The Labute approximate surface area is 183 Å². The van der Waals surface area contributed by atoms with Crippen molar-refractivity contribution in [1.82, 2.24) is 20.2 Å². The van der Waals surface area contributed by atoms with E-state index in [2.05, 4.69) is 52.6 Å². The van der Waals surface area contributed by atoms with Crippen molar-refractivity contribution in [3.8, 4) is 11.1 Å². The normalized spacial score (nSPS) is 20.4. The highest BCUT2D eigenvalue weighted by Gasteiger charge is 2.26. The Morgan fingerprint density at radius 1 is 1.10 bits per heavy atom. The first-order valence-corrected chi connectivity index (χ1v) is 11.3. The largest absolute Gasteiger partial charge is 0.310 e. The molecule has 0 radical (unpaired) electrons. The van der Waals surface area contributed by atoms with Crippen LogP contribution in [0.3, 0.4) is 0 Å². The van der Waals surface area contributed by atoms with E-state index in [0.717, 1.165) is 43.5 Å². The minimum Gasteiger partial charge on any atom is -0.310 e. The molecule has 2 aromatic heterocycles. The van der Waals surface area contributed by atoms with Crippen molar-refractivity contribution < 1.29 is 4.39 Å². The lowest BCUT2D eigenvalue weighted by Crippen LogP contribution is -2.39. The molecule has 0 amide bonds. The van der Waals surface area contributed by atoms with Gasteiger partial charge in [0.25, 0.3) is 0 Å². The van der Waals surface area contributed by atoms with Crippen molar-refractivity contribution in [3.63, 3.8) is 0 Å². The van der Waals surface area contributed by atoms with Gasteiger partial charge in [0.2, 0.25) is 5.95 Å². The lowest BCUT2D eigenvalue weighted by molar-refractivity contribution is 0.204. The molecule has 1 aliphatic heterocycles. The molecule has 0 saturated carbocycles. The van der Waals surface area contributed by atoms with Crippen molar-refractivity contribution in [1.29, 1.82) is 0 Å². The van der Waals surface area contributed by atoms with E-state index in [-0.39, 0.29) is 0 Å². The van der Waals surface area contributed by atoms with Gasteiger partial charge in [0.1, 0.15) is 0 Å². The van der Waals surface area contributed by atoms with Crippen LogP contribution in [0.25, 0.3) is 11.1 Å². The fraction of sp³-hybridized carbons (Fsp3) is 0.385. The third kappa shape index (κ3) is 4.25. The molecule has 3 heterocycles. The van der Waals surface area contributed by atoms with E-state index < -0.39 is 5.95 Å². The maximum atomic E-state index is 13.7. The van der Waals surface area contributed by atoms with Gasteiger partial charge in [-0.25, -0.2) is 4.98 Å². The first-order valence-electron chi connectivity index (χ1n) is 11.3. The lowest BCUT2D eigenvalue weighted by Gasteiger charge is -2.34. The van der Waals surface area contributed by atoms with Crippen molar-refractivity contribution in [2.75, 3.05) is 13.6 Å². The fourth-order valence-corrected chi connectivity index (χ4v) is 5.19. The Morgan fingerprint density at radius 2 is 2.00 bits per heavy atom. The smallest absolute Gasteiger partial charge is 0.213 e. The molecule has 2 atom stereocenters. The Bertz CT molecular complexity index is 1070. The van der Waals surface area contributed by atoms with E-state index in [1.807, 2.05) is 12.3 Å². The zero-order valence-corrected chi connectivity index (χ0v) is 18.0. The van der Waals surface area contributed by atoms with Gasteiger partial charge < -0.3 is 5.32 Å². The molecule has 0 unspecified atom stereocenters. The highest BCUT2D eigenvalue weighted by Crippen LogP contribution is 2.33. The van der Waals surface area contributed by atoms with Crippen LogP contribution in [0.1, 0.15) is 47.7 Å². The van der Waals surface area contributed by atoms with E-state index >= 15 is 0 Å². The standard InChI is InChI=1S/C26H29FN4/c1-31(24-9-3-5-18-7-4-12-29-26(18)24)14-11-21-16-23-20(17-30-21)6-2-8-22(23)19-10-13-28-25(27)15-19/h2,4,6-8,10,12-13,15,21,24,30H,3,5,9,11,14,16-17H2,1H3/t21-,24-/m0/s1. The molecule has 4 nitrogen and oxygen atoms in total. The van der Waals surface area contributed by atoms with Crippen molar-refractivity contribution in [2.24, 2.45) is 0 Å². The third-order valence-electron chi connectivity index (χ3n) is 6.87. The van der Waals surface area contributed by atoms with Crippen molar-refractivity contribution in [2.45, 2.75) is 50.7 Å². The molecule has 0 saturated heterocycles. The number of fused-ring (bicyclic) bond motifs is 2. The minimum atomic E-state index is -0.427. The van der Waals surface area contributed by atoms with Gasteiger partial charge in [-0.05, 0) is 85.6 Å². The summed E-state index contributed by atoms with van der Waals surface area (Å²) in [6, 6.07) is 14.9. The van der Waals surface area contributed by atoms with Crippen LogP contribution in [0.5, 0.6) is 0 Å². The second-order valence-electron chi connectivity index (χ2n) is 8.82. The summed E-state index contributed by atoms with van der Waals surface area (Å²) in [7, 11) is 2.23. The lowest BCUT2D eigenvalue weighted by atomic mass is 9.87. The van der Waals surface area contributed by atoms with Gasteiger partial charge in [-0.1, -0.05) is 24.3 Å². The summed E-state index contributed by atoms with van der Waals surface area (Å²) in [4.78, 5) is 10.9. The van der Waals surface area contributed by atoms with Crippen LogP contribution >= 0.6 is 0 Å². The summed E-state index contributed by atoms with van der Waals surface area (Å²) in [5.41, 5.74) is 7.36. The van der Waals surface area contributed by atoms with Crippen molar-refractivity contribution >= 4 is 0 Å². The number of benzene rings is 1. The number of nitrogens with zero attached hydrogens (tertiary/aromatic N) is 3. The zero-order chi connectivity index (χ0) is 21.2. The van der Waals surface area contributed by atoms with Crippen LogP contribution in [0.4, 0.5) is 4.39 Å². The maximum Gasteiger partial charge on any atom is 0.213 e. The van der Waals surface area contributed by atoms with Crippen LogP contribution in [0.15, 0.2) is 54.9 Å². The molecular weight excluding hydrogens is 387 g/mol. The van der Waals surface area contributed by atoms with Crippen LogP contribution in [0, 0.1) is 5.95 Å². The number of hydrogen-bond donors (Lipinski definition) is 1. The topological polar surface area (TPSA) is 41.1 Å². The number of aromatic nitrogens is 2. The molecule has 1 aromatic carbocycles. The molecule has 1 aliphatic carbocycles. The number of pyridine rings is 2.